The number of carbonyl (C=O) groups is 1. The van der Waals surface area contributed by atoms with E-state index in [-0.39, 0.29) is 29.4 Å². The van der Waals surface area contributed by atoms with Crippen LogP contribution in [0.25, 0.3) is 0 Å². The second-order valence-corrected chi connectivity index (χ2v) is 6.47. The number of hydrogen-bond donors (Lipinski definition) is 0. The number of rotatable bonds is 4. The summed E-state index contributed by atoms with van der Waals surface area (Å²) in [6.45, 7) is 1.89. The van der Waals surface area contributed by atoms with Crippen molar-refractivity contribution in [3.8, 4) is 0 Å². The number of hydrogen-bond acceptors (Lipinski definition) is 6. The molecule has 0 N–H and O–H groups in total. The van der Waals surface area contributed by atoms with Crippen LogP contribution >= 0.6 is 0 Å². The molecule has 7 nitrogen and oxygen atoms in total. The summed E-state index contributed by atoms with van der Waals surface area (Å²) in [5, 5.41) is 10.7. The molecule has 2 rings (SSSR count). The third-order valence-electron chi connectivity index (χ3n) is 3.12. The normalized spacial score (nSPS) is 19.4. The fourth-order valence-electron chi connectivity index (χ4n) is 2.28. The maximum absolute atomic E-state index is 12.0. The highest BCUT2D eigenvalue weighted by molar-refractivity contribution is 7.91. The summed E-state index contributed by atoms with van der Waals surface area (Å²) in [6.07, 6.45) is -0.0438. The van der Waals surface area contributed by atoms with Gasteiger partial charge in [0.2, 0.25) is 0 Å². The molecule has 0 amide bonds. The molecule has 0 fully saturated rings. The van der Waals surface area contributed by atoms with Crippen molar-refractivity contribution in [2.75, 3.05) is 12.4 Å². The highest BCUT2D eigenvalue weighted by Crippen LogP contribution is 2.38. The smallest absolute Gasteiger partial charge is 0.306 e. The summed E-state index contributed by atoms with van der Waals surface area (Å²) >= 11 is 0. The zero-order valence-corrected chi connectivity index (χ0v) is 11.6. The number of carbonyl (C=O) groups excluding carboxylic acids is 1. The van der Waals surface area contributed by atoms with E-state index in [2.05, 4.69) is 0 Å². The summed E-state index contributed by atoms with van der Waals surface area (Å²) in [5.41, 5.74) is 0.174. The molecule has 0 radical (unpaired) electrons. The fraction of sp³-hybridized carbons (Fsp3) is 0.417. The van der Waals surface area contributed by atoms with E-state index in [9.17, 15) is 23.3 Å². The second kappa shape index (κ2) is 5.20. The van der Waals surface area contributed by atoms with Gasteiger partial charge in [-0.3, -0.25) is 14.9 Å². The van der Waals surface area contributed by atoms with Gasteiger partial charge in [0.05, 0.1) is 28.6 Å². The van der Waals surface area contributed by atoms with Gasteiger partial charge in [0.1, 0.15) is 0 Å². The van der Waals surface area contributed by atoms with Crippen molar-refractivity contribution in [1.82, 2.24) is 0 Å². The average molecular weight is 299 g/mol. The number of nitrogens with zero attached hydrogens (tertiary/aromatic N) is 1. The predicted octanol–water partition coefficient (Wildman–Crippen LogP) is 1.42. The van der Waals surface area contributed by atoms with E-state index < -0.39 is 26.6 Å². The monoisotopic (exact) mass is 299 g/mol. The number of fused-ring (bicyclic) bond motifs is 1. The number of sulfone groups is 1. The van der Waals surface area contributed by atoms with Crippen LogP contribution < -0.4 is 0 Å². The molecule has 0 saturated heterocycles. The van der Waals surface area contributed by atoms with Gasteiger partial charge < -0.3 is 4.74 Å². The lowest BCUT2D eigenvalue weighted by Gasteiger charge is -2.08. The molecule has 0 aliphatic carbocycles. The van der Waals surface area contributed by atoms with E-state index in [1.54, 1.807) is 6.92 Å². The minimum atomic E-state index is -3.58. The van der Waals surface area contributed by atoms with Crippen molar-refractivity contribution in [2.45, 2.75) is 24.2 Å². The molecule has 20 heavy (non-hydrogen) atoms. The van der Waals surface area contributed by atoms with Crippen molar-refractivity contribution in [2.24, 2.45) is 0 Å². The molecule has 1 atom stereocenters. The van der Waals surface area contributed by atoms with Crippen LogP contribution in [0.15, 0.2) is 23.1 Å². The first-order valence-electron chi connectivity index (χ1n) is 6.02. The Hall–Kier alpha value is -1.96. The minimum Gasteiger partial charge on any atom is -0.466 e. The second-order valence-electron chi connectivity index (χ2n) is 4.47. The molecule has 1 heterocycles. The Morgan fingerprint density at radius 1 is 1.50 bits per heavy atom. The Morgan fingerprint density at radius 2 is 2.20 bits per heavy atom. The molecule has 1 aliphatic rings. The van der Waals surface area contributed by atoms with Crippen LogP contribution in [0.4, 0.5) is 5.69 Å². The van der Waals surface area contributed by atoms with E-state index >= 15 is 0 Å². The molecule has 108 valence electrons. The number of nitro benzene ring substituents is 1. The van der Waals surface area contributed by atoms with Gasteiger partial charge in [-0.1, -0.05) is 6.07 Å². The van der Waals surface area contributed by atoms with Gasteiger partial charge in [-0.15, -0.1) is 0 Å². The SMILES string of the molecule is CCOC(=O)CC1CS(=O)(=O)c2cc([N+](=O)[O-])ccc21. The Morgan fingerprint density at radius 3 is 2.80 bits per heavy atom. The summed E-state index contributed by atoms with van der Waals surface area (Å²) in [6, 6.07) is 3.70. The predicted molar refractivity (Wildman–Crippen MR) is 69.1 cm³/mol. The van der Waals surface area contributed by atoms with Crippen molar-refractivity contribution >= 4 is 21.5 Å². The zero-order chi connectivity index (χ0) is 14.9. The first kappa shape index (κ1) is 14.4. The van der Waals surface area contributed by atoms with Crippen LogP contribution in [0.5, 0.6) is 0 Å². The lowest BCUT2D eigenvalue weighted by molar-refractivity contribution is -0.385. The van der Waals surface area contributed by atoms with E-state index in [0.29, 0.717) is 5.56 Å². The van der Waals surface area contributed by atoms with Crippen LogP contribution in [0.2, 0.25) is 0 Å². The molecular weight excluding hydrogens is 286 g/mol. The fourth-order valence-corrected chi connectivity index (χ4v) is 4.18. The largest absolute Gasteiger partial charge is 0.466 e. The highest BCUT2D eigenvalue weighted by Gasteiger charge is 2.37. The lowest BCUT2D eigenvalue weighted by Crippen LogP contribution is -2.12. The van der Waals surface area contributed by atoms with Gasteiger partial charge in [0.15, 0.2) is 9.84 Å². The molecule has 0 bridgehead atoms. The topological polar surface area (TPSA) is 104 Å². The van der Waals surface area contributed by atoms with Crippen molar-refractivity contribution in [3.05, 3.63) is 33.9 Å². The number of esters is 1. The van der Waals surface area contributed by atoms with Gasteiger partial charge in [0, 0.05) is 18.1 Å². The number of ether oxygens (including phenoxy) is 1. The minimum absolute atomic E-state index is 0.0438. The standard InChI is InChI=1S/C12H13NO6S/c1-2-19-12(14)5-8-7-20(17,18)11-6-9(13(15)16)3-4-10(8)11/h3-4,6,8H,2,5,7H2,1H3. The molecule has 1 aliphatic heterocycles. The van der Waals surface area contributed by atoms with E-state index in [4.69, 9.17) is 4.74 Å². The maximum Gasteiger partial charge on any atom is 0.306 e. The van der Waals surface area contributed by atoms with Gasteiger partial charge in [-0.25, -0.2) is 8.42 Å². The zero-order valence-electron chi connectivity index (χ0n) is 10.7. The molecule has 1 aromatic rings. The molecule has 0 aromatic heterocycles. The van der Waals surface area contributed by atoms with Crippen molar-refractivity contribution in [3.63, 3.8) is 0 Å². The van der Waals surface area contributed by atoms with Crippen LogP contribution in [0.1, 0.15) is 24.8 Å². The van der Waals surface area contributed by atoms with Crippen LogP contribution in [0, 0.1) is 10.1 Å². The Labute approximate surface area is 115 Å². The van der Waals surface area contributed by atoms with Crippen molar-refractivity contribution in [1.29, 1.82) is 0 Å². The number of benzene rings is 1. The lowest BCUT2D eigenvalue weighted by atomic mass is 9.98. The van der Waals surface area contributed by atoms with Crippen molar-refractivity contribution < 1.29 is 22.9 Å². The summed E-state index contributed by atoms with van der Waals surface area (Å²) in [5.74, 6) is -1.20. The van der Waals surface area contributed by atoms with Gasteiger partial charge in [-0.2, -0.15) is 0 Å². The Kier molecular flexibility index (Phi) is 3.76. The first-order valence-corrected chi connectivity index (χ1v) is 7.67. The molecule has 8 heteroatoms. The summed E-state index contributed by atoms with van der Waals surface area (Å²) < 4.78 is 28.8. The van der Waals surface area contributed by atoms with E-state index in [1.165, 1.54) is 12.1 Å². The molecule has 1 aromatic carbocycles. The average Bonchev–Trinajstić information content (AvgIpc) is 2.61. The molecule has 0 saturated carbocycles. The maximum atomic E-state index is 12.0. The Balaban J connectivity index is 2.37. The molecule has 1 unspecified atom stereocenters. The molecule has 0 spiro atoms. The van der Waals surface area contributed by atoms with Crippen LogP contribution in [-0.2, 0) is 19.4 Å². The highest BCUT2D eigenvalue weighted by atomic mass is 32.2. The quantitative estimate of drug-likeness (QED) is 0.473. The summed E-state index contributed by atoms with van der Waals surface area (Å²) in [7, 11) is -3.58. The van der Waals surface area contributed by atoms with Gasteiger partial charge in [0.25, 0.3) is 5.69 Å². The number of nitro groups is 1. The van der Waals surface area contributed by atoms with Gasteiger partial charge in [-0.05, 0) is 12.5 Å². The van der Waals surface area contributed by atoms with E-state index in [1.807, 2.05) is 0 Å². The van der Waals surface area contributed by atoms with Crippen LogP contribution in [-0.4, -0.2) is 31.7 Å². The first-order chi connectivity index (χ1) is 9.35. The van der Waals surface area contributed by atoms with Gasteiger partial charge >= 0.3 is 5.97 Å². The molecular formula is C12H13NO6S. The van der Waals surface area contributed by atoms with E-state index in [0.717, 1.165) is 6.07 Å². The third kappa shape index (κ3) is 2.64. The third-order valence-corrected chi connectivity index (χ3v) is 4.99. The van der Waals surface area contributed by atoms with Crippen LogP contribution in [0.3, 0.4) is 0 Å². The summed E-state index contributed by atoms with van der Waals surface area (Å²) in [4.78, 5) is 21.5. The Bertz CT molecular complexity index is 667. The number of non-ortho nitro benzene ring substituents is 1.